The van der Waals surface area contributed by atoms with E-state index in [1.54, 1.807) is 36.0 Å². The van der Waals surface area contributed by atoms with Crippen LogP contribution >= 0.6 is 22.9 Å². The Bertz CT molecular complexity index is 836. The van der Waals surface area contributed by atoms with Crippen LogP contribution in [0.1, 0.15) is 10.5 Å². The Labute approximate surface area is 141 Å². The van der Waals surface area contributed by atoms with Crippen LogP contribution in [-0.4, -0.2) is 23.0 Å². The van der Waals surface area contributed by atoms with Gasteiger partial charge < -0.3 is 10.1 Å². The summed E-state index contributed by atoms with van der Waals surface area (Å²) in [6, 6.07) is 8.75. The van der Waals surface area contributed by atoms with Crippen molar-refractivity contribution in [3.05, 3.63) is 58.8 Å². The molecule has 0 aliphatic carbocycles. The van der Waals surface area contributed by atoms with E-state index in [0.29, 0.717) is 22.2 Å². The van der Waals surface area contributed by atoms with Gasteiger partial charge in [0.1, 0.15) is 16.5 Å². The molecule has 1 amide bonds. The lowest BCUT2D eigenvalue weighted by molar-refractivity contribution is 0.102. The van der Waals surface area contributed by atoms with Gasteiger partial charge in [-0.2, -0.15) is 0 Å². The Morgan fingerprint density at radius 2 is 2.04 bits per heavy atom. The van der Waals surface area contributed by atoms with Crippen LogP contribution in [0.5, 0.6) is 5.75 Å². The van der Waals surface area contributed by atoms with E-state index in [1.165, 1.54) is 18.4 Å². The number of halogens is 1. The molecule has 0 bridgehead atoms. The molecule has 0 unspecified atom stereocenters. The normalized spacial score (nSPS) is 10.3. The Morgan fingerprint density at radius 1 is 1.26 bits per heavy atom. The van der Waals surface area contributed by atoms with Gasteiger partial charge in [-0.05, 0) is 30.3 Å². The highest BCUT2D eigenvalue weighted by Gasteiger charge is 2.13. The van der Waals surface area contributed by atoms with Crippen molar-refractivity contribution < 1.29 is 9.53 Å². The van der Waals surface area contributed by atoms with E-state index in [9.17, 15) is 4.79 Å². The van der Waals surface area contributed by atoms with E-state index in [1.807, 2.05) is 12.1 Å². The van der Waals surface area contributed by atoms with Crippen LogP contribution < -0.4 is 10.1 Å². The summed E-state index contributed by atoms with van der Waals surface area (Å²) in [5.41, 5.74) is 1.87. The molecular formula is C16H12ClN3O2S. The topological polar surface area (TPSA) is 64.1 Å². The summed E-state index contributed by atoms with van der Waals surface area (Å²) in [6.45, 7) is 0. The van der Waals surface area contributed by atoms with Crippen LogP contribution in [0.4, 0.5) is 5.69 Å². The van der Waals surface area contributed by atoms with E-state index in [4.69, 9.17) is 16.3 Å². The number of hydrogen-bond donors (Lipinski definition) is 1. The Hall–Kier alpha value is -2.44. The minimum atomic E-state index is -0.289. The molecule has 2 aromatic heterocycles. The highest BCUT2D eigenvalue weighted by molar-refractivity contribution is 7.13. The fraction of sp³-hybridized carbons (Fsp3) is 0.0625. The SMILES string of the molecule is COc1ccc(NC(=O)c2csc(-c3ccncc3)n2)cc1Cl. The predicted octanol–water partition coefficient (Wildman–Crippen LogP) is 4.12. The summed E-state index contributed by atoms with van der Waals surface area (Å²) in [5, 5.41) is 5.69. The van der Waals surface area contributed by atoms with Crippen molar-refractivity contribution in [3.8, 4) is 16.3 Å². The van der Waals surface area contributed by atoms with E-state index in [0.717, 1.165) is 10.6 Å². The van der Waals surface area contributed by atoms with Gasteiger partial charge in [-0.3, -0.25) is 9.78 Å². The van der Waals surface area contributed by atoms with Crippen LogP contribution in [0.25, 0.3) is 10.6 Å². The number of carbonyl (C=O) groups excluding carboxylic acids is 1. The van der Waals surface area contributed by atoms with Crippen LogP contribution in [0.15, 0.2) is 48.1 Å². The first-order valence-corrected chi connectivity index (χ1v) is 7.94. The third-order valence-electron chi connectivity index (χ3n) is 3.07. The molecule has 0 spiro atoms. The quantitative estimate of drug-likeness (QED) is 0.772. The number of benzene rings is 1. The van der Waals surface area contributed by atoms with Gasteiger partial charge in [-0.1, -0.05) is 11.6 Å². The molecule has 3 rings (SSSR count). The number of aromatic nitrogens is 2. The molecule has 0 saturated heterocycles. The number of methoxy groups -OCH3 is 1. The predicted molar refractivity (Wildman–Crippen MR) is 91.3 cm³/mol. The zero-order valence-corrected chi connectivity index (χ0v) is 13.7. The molecule has 0 aliphatic rings. The summed E-state index contributed by atoms with van der Waals surface area (Å²) in [6.07, 6.45) is 3.38. The molecule has 0 saturated carbocycles. The first-order valence-electron chi connectivity index (χ1n) is 6.68. The number of carbonyl (C=O) groups is 1. The maximum Gasteiger partial charge on any atom is 0.275 e. The standard InChI is InChI=1S/C16H12ClN3O2S/c1-22-14-3-2-11(8-12(14)17)19-15(21)13-9-23-16(20-13)10-4-6-18-7-5-10/h2-9H,1H3,(H,19,21). The van der Waals surface area contributed by atoms with E-state index in [2.05, 4.69) is 15.3 Å². The maximum atomic E-state index is 12.3. The van der Waals surface area contributed by atoms with Gasteiger partial charge in [0.05, 0.1) is 12.1 Å². The van der Waals surface area contributed by atoms with Crippen LogP contribution in [0.3, 0.4) is 0 Å². The van der Waals surface area contributed by atoms with Gasteiger partial charge in [0, 0.05) is 29.0 Å². The molecule has 116 valence electrons. The van der Waals surface area contributed by atoms with Crippen molar-refractivity contribution in [2.24, 2.45) is 0 Å². The smallest absolute Gasteiger partial charge is 0.275 e. The Balaban J connectivity index is 1.76. The zero-order chi connectivity index (χ0) is 16.2. The summed E-state index contributed by atoms with van der Waals surface area (Å²) in [7, 11) is 1.54. The lowest BCUT2D eigenvalue weighted by atomic mass is 10.3. The summed E-state index contributed by atoms with van der Waals surface area (Å²) >= 11 is 7.45. The number of nitrogens with one attached hydrogen (secondary N) is 1. The minimum absolute atomic E-state index is 0.289. The lowest BCUT2D eigenvalue weighted by Crippen LogP contribution is -2.12. The molecule has 2 heterocycles. The second kappa shape index (κ2) is 6.76. The van der Waals surface area contributed by atoms with Crippen LogP contribution in [0.2, 0.25) is 5.02 Å². The third-order valence-corrected chi connectivity index (χ3v) is 4.26. The van der Waals surface area contributed by atoms with Crippen molar-refractivity contribution in [1.82, 2.24) is 9.97 Å². The largest absolute Gasteiger partial charge is 0.495 e. The highest BCUT2D eigenvalue weighted by atomic mass is 35.5. The molecule has 1 aromatic carbocycles. The molecule has 3 aromatic rings. The van der Waals surface area contributed by atoms with Crippen molar-refractivity contribution in [3.63, 3.8) is 0 Å². The van der Waals surface area contributed by atoms with Crippen molar-refractivity contribution in [1.29, 1.82) is 0 Å². The van der Waals surface area contributed by atoms with Crippen molar-refractivity contribution in [2.75, 3.05) is 12.4 Å². The van der Waals surface area contributed by atoms with Gasteiger partial charge in [0.2, 0.25) is 0 Å². The molecule has 1 N–H and O–H groups in total. The number of amides is 1. The van der Waals surface area contributed by atoms with Crippen LogP contribution in [0, 0.1) is 0 Å². The average Bonchev–Trinajstić information content (AvgIpc) is 3.06. The number of ether oxygens (including phenoxy) is 1. The lowest BCUT2D eigenvalue weighted by Gasteiger charge is -2.06. The Kier molecular flexibility index (Phi) is 4.55. The molecule has 7 heteroatoms. The number of nitrogens with zero attached hydrogens (tertiary/aromatic N) is 2. The molecule has 0 atom stereocenters. The molecule has 0 radical (unpaired) electrons. The van der Waals surface area contributed by atoms with Gasteiger partial charge >= 0.3 is 0 Å². The first kappa shape index (κ1) is 15.5. The molecule has 23 heavy (non-hydrogen) atoms. The Morgan fingerprint density at radius 3 is 2.74 bits per heavy atom. The average molecular weight is 346 g/mol. The number of pyridine rings is 1. The zero-order valence-electron chi connectivity index (χ0n) is 12.1. The van der Waals surface area contributed by atoms with Gasteiger partial charge in [0.15, 0.2) is 0 Å². The number of rotatable bonds is 4. The van der Waals surface area contributed by atoms with Crippen molar-refractivity contribution in [2.45, 2.75) is 0 Å². The second-order valence-electron chi connectivity index (χ2n) is 4.58. The van der Waals surface area contributed by atoms with Crippen molar-refractivity contribution >= 4 is 34.5 Å². The molecule has 5 nitrogen and oxygen atoms in total. The van der Waals surface area contributed by atoms with Gasteiger partial charge in [-0.15, -0.1) is 11.3 Å². The highest BCUT2D eigenvalue weighted by Crippen LogP contribution is 2.28. The first-order chi connectivity index (χ1) is 11.2. The number of thiazole rings is 1. The maximum absolute atomic E-state index is 12.3. The minimum Gasteiger partial charge on any atom is -0.495 e. The second-order valence-corrected chi connectivity index (χ2v) is 5.84. The summed E-state index contributed by atoms with van der Waals surface area (Å²) < 4.78 is 5.08. The monoisotopic (exact) mass is 345 g/mol. The van der Waals surface area contributed by atoms with E-state index >= 15 is 0 Å². The van der Waals surface area contributed by atoms with Gasteiger partial charge in [-0.25, -0.2) is 4.98 Å². The fourth-order valence-corrected chi connectivity index (χ4v) is 3.01. The molecular weight excluding hydrogens is 334 g/mol. The molecule has 0 fully saturated rings. The number of anilines is 1. The van der Waals surface area contributed by atoms with E-state index < -0.39 is 0 Å². The van der Waals surface area contributed by atoms with Crippen LogP contribution in [-0.2, 0) is 0 Å². The fourth-order valence-electron chi connectivity index (χ4n) is 1.94. The third kappa shape index (κ3) is 3.49. The molecule has 0 aliphatic heterocycles. The van der Waals surface area contributed by atoms with E-state index in [-0.39, 0.29) is 5.91 Å². The summed E-state index contributed by atoms with van der Waals surface area (Å²) in [5.74, 6) is 0.265. The number of hydrogen-bond acceptors (Lipinski definition) is 5. The summed E-state index contributed by atoms with van der Waals surface area (Å²) in [4.78, 5) is 20.6. The van der Waals surface area contributed by atoms with Gasteiger partial charge in [0.25, 0.3) is 5.91 Å².